The third-order valence-corrected chi connectivity index (χ3v) is 1.07. The van der Waals surface area contributed by atoms with E-state index in [0.717, 1.165) is 13.1 Å². The minimum Gasteiger partial charge on any atom is -0.244 e. The predicted molar refractivity (Wildman–Crippen MR) is 28.4 cm³/mol. The summed E-state index contributed by atoms with van der Waals surface area (Å²) in [4.78, 5) is 0. The van der Waals surface area contributed by atoms with Gasteiger partial charge in [-0.2, -0.15) is 5.53 Å². The molecule has 3 nitrogen and oxygen atoms in total. The van der Waals surface area contributed by atoms with Crippen molar-refractivity contribution in [2.24, 2.45) is 0 Å². The number of hydrogen-bond acceptors (Lipinski definition) is 3. The molecule has 0 unspecified atom stereocenters. The lowest BCUT2D eigenvalue weighted by Gasteiger charge is -2.23. The normalized spacial score (nSPS) is 25.3. The summed E-state index contributed by atoms with van der Waals surface area (Å²) in [6.07, 6.45) is 1.24. The zero-order chi connectivity index (χ0) is 5.11. The Morgan fingerprint density at radius 1 is 1.57 bits per heavy atom. The maximum atomic E-state index is 3.01. The van der Waals surface area contributed by atoms with Crippen molar-refractivity contribution in [2.75, 3.05) is 20.1 Å². The van der Waals surface area contributed by atoms with E-state index >= 15 is 0 Å². The Bertz CT molecular complexity index is 48.9. The summed E-state index contributed by atoms with van der Waals surface area (Å²) in [6, 6.07) is 0. The lowest BCUT2D eigenvalue weighted by molar-refractivity contribution is 0.153. The highest BCUT2D eigenvalue weighted by molar-refractivity contribution is 4.50. The van der Waals surface area contributed by atoms with Crippen LogP contribution in [-0.2, 0) is 0 Å². The highest BCUT2D eigenvalue weighted by Crippen LogP contribution is 1.83. The first-order valence-corrected chi connectivity index (χ1v) is 2.59. The quantitative estimate of drug-likeness (QED) is 0.424. The Morgan fingerprint density at radius 3 is 2.71 bits per heavy atom. The molecule has 0 atom stereocenters. The molecule has 0 aromatic heterocycles. The summed E-state index contributed by atoms with van der Waals surface area (Å²) in [6.45, 7) is 2.23. The van der Waals surface area contributed by atoms with Gasteiger partial charge < -0.3 is 0 Å². The van der Waals surface area contributed by atoms with Gasteiger partial charge in [0.1, 0.15) is 0 Å². The lowest BCUT2D eigenvalue weighted by Crippen LogP contribution is -2.50. The van der Waals surface area contributed by atoms with Gasteiger partial charge in [0, 0.05) is 20.1 Å². The number of hydrogen-bond donors (Lipinski definition) is 2. The SMILES string of the molecule is CN1CCCNN1. The molecule has 1 aliphatic rings. The minimum absolute atomic E-state index is 1.09. The van der Waals surface area contributed by atoms with Crippen molar-refractivity contribution in [1.82, 2.24) is 16.0 Å². The molecule has 0 aliphatic carbocycles. The molecule has 2 N–H and O–H groups in total. The molecule has 0 bridgehead atoms. The van der Waals surface area contributed by atoms with Crippen LogP contribution in [0.15, 0.2) is 0 Å². The summed E-state index contributed by atoms with van der Waals surface area (Å²) in [5.74, 6) is 0. The summed E-state index contributed by atoms with van der Waals surface area (Å²) in [5, 5.41) is 2.03. The van der Waals surface area contributed by atoms with Gasteiger partial charge >= 0.3 is 0 Å². The van der Waals surface area contributed by atoms with E-state index in [1.165, 1.54) is 6.42 Å². The van der Waals surface area contributed by atoms with Gasteiger partial charge in [-0.3, -0.25) is 0 Å². The van der Waals surface area contributed by atoms with Crippen molar-refractivity contribution < 1.29 is 0 Å². The van der Waals surface area contributed by atoms with Crippen LogP contribution in [0.2, 0.25) is 0 Å². The van der Waals surface area contributed by atoms with Gasteiger partial charge in [-0.15, -0.1) is 0 Å². The second-order valence-electron chi connectivity index (χ2n) is 1.81. The van der Waals surface area contributed by atoms with Crippen LogP contribution in [0, 0.1) is 0 Å². The van der Waals surface area contributed by atoms with Crippen molar-refractivity contribution in [3.8, 4) is 0 Å². The van der Waals surface area contributed by atoms with Crippen molar-refractivity contribution >= 4 is 0 Å². The smallest absolute Gasteiger partial charge is 0.0153 e. The molecule has 0 spiro atoms. The molecule has 1 fully saturated rings. The summed E-state index contributed by atoms with van der Waals surface area (Å²) < 4.78 is 0. The fourth-order valence-corrected chi connectivity index (χ4v) is 0.651. The van der Waals surface area contributed by atoms with Crippen LogP contribution in [0.4, 0.5) is 0 Å². The largest absolute Gasteiger partial charge is 0.244 e. The molecule has 7 heavy (non-hydrogen) atoms. The van der Waals surface area contributed by atoms with Crippen molar-refractivity contribution in [1.29, 1.82) is 0 Å². The molecular formula is C4H11N3. The Kier molecular flexibility index (Phi) is 1.62. The number of nitrogens with zero attached hydrogens (tertiary/aromatic N) is 1. The predicted octanol–water partition coefficient (Wildman–Crippen LogP) is -0.669. The minimum atomic E-state index is 1.09. The zero-order valence-electron chi connectivity index (χ0n) is 4.57. The molecule has 0 saturated carbocycles. The molecular weight excluding hydrogens is 90.1 g/mol. The van der Waals surface area contributed by atoms with Gasteiger partial charge in [-0.1, -0.05) is 0 Å². The first-order chi connectivity index (χ1) is 3.39. The van der Waals surface area contributed by atoms with E-state index in [-0.39, 0.29) is 0 Å². The third kappa shape index (κ3) is 1.43. The summed E-state index contributed by atoms with van der Waals surface area (Å²) in [5.41, 5.74) is 5.98. The van der Waals surface area contributed by atoms with E-state index in [1.54, 1.807) is 0 Å². The molecule has 1 rings (SSSR count). The van der Waals surface area contributed by atoms with E-state index in [0.29, 0.717) is 0 Å². The van der Waals surface area contributed by atoms with E-state index in [4.69, 9.17) is 0 Å². The molecule has 1 saturated heterocycles. The Morgan fingerprint density at radius 2 is 2.43 bits per heavy atom. The van der Waals surface area contributed by atoms with Gasteiger partial charge in [0.05, 0.1) is 0 Å². The van der Waals surface area contributed by atoms with Crippen LogP contribution < -0.4 is 11.0 Å². The zero-order valence-corrected chi connectivity index (χ0v) is 4.57. The number of nitrogens with one attached hydrogen (secondary N) is 2. The van der Waals surface area contributed by atoms with Crippen molar-refractivity contribution in [3.63, 3.8) is 0 Å². The number of hydrazine groups is 2. The van der Waals surface area contributed by atoms with Crippen LogP contribution in [0.3, 0.4) is 0 Å². The average molecular weight is 101 g/mol. The Labute approximate surface area is 43.6 Å². The van der Waals surface area contributed by atoms with Crippen molar-refractivity contribution in [3.05, 3.63) is 0 Å². The first kappa shape index (κ1) is 5.03. The van der Waals surface area contributed by atoms with Gasteiger partial charge in [0.25, 0.3) is 0 Å². The lowest BCUT2D eigenvalue weighted by atomic mass is 10.4. The van der Waals surface area contributed by atoms with Crippen molar-refractivity contribution in [2.45, 2.75) is 6.42 Å². The number of rotatable bonds is 0. The average Bonchev–Trinajstić information content (AvgIpc) is 1.69. The maximum absolute atomic E-state index is 3.01. The molecule has 1 heterocycles. The van der Waals surface area contributed by atoms with Gasteiger partial charge in [0.2, 0.25) is 0 Å². The maximum Gasteiger partial charge on any atom is 0.0153 e. The van der Waals surface area contributed by atoms with E-state index in [1.807, 2.05) is 12.1 Å². The second kappa shape index (κ2) is 2.26. The molecule has 3 heteroatoms. The highest BCUT2D eigenvalue weighted by Gasteiger charge is 1.99. The topological polar surface area (TPSA) is 27.3 Å². The highest BCUT2D eigenvalue weighted by atomic mass is 15.7. The Hall–Kier alpha value is -0.120. The van der Waals surface area contributed by atoms with E-state index in [2.05, 4.69) is 11.0 Å². The molecule has 1 aliphatic heterocycles. The van der Waals surface area contributed by atoms with Gasteiger partial charge in [-0.25, -0.2) is 10.4 Å². The van der Waals surface area contributed by atoms with E-state index in [9.17, 15) is 0 Å². The monoisotopic (exact) mass is 101 g/mol. The fourth-order valence-electron chi connectivity index (χ4n) is 0.651. The third-order valence-electron chi connectivity index (χ3n) is 1.07. The molecule has 0 amide bonds. The van der Waals surface area contributed by atoms with E-state index < -0.39 is 0 Å². The Balaban J connectivity index is 2.12. The van der Waals surface area contributed by atoms with Crippen LogP contribution in [0.25, 0.3) is 0 Å². The fraction of sp³-hybridized carbons (Fsp3) is 1.00. The van der Waals surface area contributed by atoms with Gasteiger partial charge in [-0.05, 0) is 6.42 Å². The standard InChI is InChI=1S/C4H11N3/c1-7-4-2-3-5-6-7/h5-6H,2-4H2,1H3. The molecule has 0 aromatic rings. The van der Waals surface area contributed by atoms with Crippen LogP contribution >= 0.6 is 0 Å². The first-order valence-electron chi connectivity index (χ1n) is 2.59. The van der Waals surface area contributed by atoms with Gasteiger partial charge in [0.15, 0.2) is 0 Å². The second-order valence-corrected chi connectivity index (χ2v) is 1.81. The molecule has 42 valence electrons. The summed E-state index contributed by atoms with van der Waals surface area (Å²) in [7, 11) is 2.02. The van der Waals surface area contributed by atoms with Crippen LogP contribution in [0.5, 0.6) is 0 Å². The molecule has 0 radical (unpaired) electrons. The van der Waals surface area contributed by atoms with Crippen LogP contribution in [-0.4, -0.2) is 25.1 Å². The summed E-state index contributed by atoms with van der Waals surface area (Å²) >= 11 is 0. The molecule has 0 aromatic carbocycles. The van der Waals surface area contributed by atoms with Crippen LogP contribution in [0.1, 0.15) is 6.42 Å².